The molecule has 1 amide bonds. The zero-order chi connectivity index (χ0) is 17.7. The molecule has 6 nitrogen and oxygen atoms in total. The first-order valence-corrected chi connectivity index (χ1v) is 9.11. The van der Waals surface area contributed by atoms with Crippen molar-refractivity contribution < 1.29 is 17.9 Å². The Morgan fingerprint density at radius 3 is 2.42 bits per heavy atom. The zero-order valence-corrected chi connectivity index (χ0v) is 14.6. The number of hydrogen-bond acceptors (Lipinski definition) is 4. The van der Waals surface area contributed by atoms with E-state index in [1.807, 2.05) is 12.1 Å². The van der Waals surface area contributed by atoms with E-state index in [2.05, 4.69) is 5.32 Å². The highest BCUT2D eigenvalue weighted by Gasteiger charge is 2.12. The van der Waals surface area contributed by atoms with Crippen molar-refractivity contribution in [1.82, 2.24) is 0 Å². The fraction of sp³-hybridized carbons (Fsp3) is 0.235. The molecule has 0 aliphatic heterocycles. The van der Waals surface area contributed by atoms with E-state index in [-0.39, 0.29) is 12.3 Å². The molecular weight excluding hydrogens is 328 g/mol. The third-order valence-corrected chi connectivity index (χ3v) is 4.72. The fourth-order valence-electron chi connectivity index (χ4n) is 2.10. The summed E-state index contributed by atoms with van der Waals surface area (Å²) in [5, 5.41) is 2.77. The lowest BCUT2D eigenvalue weighted by atomic mass is 10.1. The molecule has 7 heteroatoms. The summed E-state index contributed by atoms with van der Waals surface area (Å²) in [4.78, 5) is 12.1. The van der Waals surface area contributed by atoms with Gasteiger partial charge >= 0.3 is 0 Å². The Bertz CT molecular complexity index is 817. The first kappa shape index (κ1) is 17.8. The van der Waals surface area contributed by atoms with Crippen molar-refractivity contribution in [1.29, 1.82) is 0 Å². The molecule has 24 heavy (non-hydrogen) atoms. The number of carbonyl (C=O) groups is 1. The second-order valence-corrected chi connectivity index (χ2v) is 7.37. The van der Waals surface area contributed by atoms with Crippen molar-refractivity contribution in [2.45, 2.75) is 6.42 Å². The number of ether oxygens (including phenoxy) is 1. The summed E-state index contributed by atoms with van der Waals surface area (Å²) in [6.45, 7) is 0. The topological polar surface area (TPSA) is 75.7 Å². The third kappa shape index (κ3) is 4.73. The standard InChI is InChI=1S/C17H20N2O4S/c1-19(24(3,21)22)15-6-4-5-14(12-15)18-17(20)11-13-7-9-16(23-2)10-8-13/h4-10,12H,11H2,1-3H3,(H,18,20). The van der Waals surface area contributed by atoms with Gasteiger partial charge in [0.15, 0.2) is 0 Å². The molecule has 0 aliphatic rings. The van der Waals surface area contributed by atoms with Gasteiger partial charge in [0.1, 0.15) is 5.75 Å². The van der Waals surface area contributed by atoms with Crippen LogP contribution in [0.1, 0.15) is 5.56 Å². The van der Waals surface area contributed by atoms with Crippen LogP contribution in [0, 0.1) is 0 Å². The van der Waals surface area contributed by atoms with E-state index < -0.39 is 10.0 Å². The number of anilines is 2. The number of amides is 1. The maximum Gasteiger partial charge on any atom is 0.231 e. The summed E-state index contributed by atoms with van der Waals surface area (Å²) >= 11 is 0. The van der Waals surface area contributed by atoms with Gasteiger partial charge in [-0.05, 0) is 35.9 Å². The lowest BCUT2D eigenvalue weighted by Crippen LogP contribution is -2.25. The lowest BCUT2D eigenvalue weighted by Gasteiger charge is -2.17. The molecular formula is C17H20N2O4S. The average Bonchev–Trinajstić information content (AvgIpc) is 2.54. The number of carbonyl (C=O) groups excluding carboxylic acids is 1. The molecule has 0 bridgehead atoms. The number of methoxy groups -OCH3 is 1. The predicted molar refractivity (Wildman–Crippen MR) is 95.0 cm³/mol. The Balaban J connectivity index is 2.06. The number of hydrogen-bond donors (Lipinski definition) is 1. The van der Waals surface area contributed by atoms with Gasteiger partial charge in [0.25, 0.3) is 0 Å². The predicted octanol–water partition coefficient (Wildman–Crippen LogP) is 2.27. The molecule has 0 radical (unpaired) electrons. The van der Waals surface area contributed by atoms with Gasteiger partial charge < -0.3 is 10.1 Å². The second-order valence-electron chi connectivity index (χ2n) is 5.35. The Morgan fingerprint density at radius 1 is 1.17 bits per heavy atom. The normalized spacial score (nSPS) is 11.0. The maximum atomic E-state index is 12.1. The second kappa shape index (κ2) is 7.35. The Hall–Kier alpha value is -2.54. The maximum absolute atomic E-state index is 12.1. The summed E-state index contributed by atoms with van der Waals surface area (Å²) in [6, 6.07) is 13.9. The van der Waals surface area contributed by atoms with E-state index in [1.165, 1.54) is 7.05 Å². The highest BCUT2D eigenvalue weighted by atomic mass is 32.2. The number of nitrogens with zero attached hydrogens (tertiary/aromatic N) is 1. The fourth-order valence-corrected chi connectivity index (χ4v) is 2.60. The van der Waals surface area contributed by atoms with Crippen molar-refractivity contribution in [2.75, 3.05) is 30.0 Å². The van der Waals surface area contributed by atoms with E-state index in [4.69, 9.17) is 4.74 Å². The van der Waals surface area contributed by atoms with Gasteiger partial charge in [0.2, 0.25) is 15.9 Å². The van der Waals surface area contributed by atoms with Crippen LogP contribution in [0.25, 0.3) is 0 Å². The van der Waals surface area contributed by atoms with Crippen molar-refractivity contribution in [3.8, 4) is 5.75 Å². The largest absolute Gasteiger partial charge is 0.497 e. The molecule has 2 aromatic rings. The van der Waals surface area contributed by atoms with Crippen molar-refractivity contribution in [2.24, 2.45) is 0 Å². The van der Waals surface area contributed by atoms with Gasteiger partial charge in [-0.1, -0.05) is 18.2 Å². The van der Waals surface area contributed by atoms with Crippen molar-refractivity contribution in [3.63, 3.8) is 0 Å². The molecule has 2 aromatic carbocycles. The molecule has 0 unspecified atom stereocenters. The van der Waals surface area contributed by atoms with E-state index in [0.717, 1.165) is 21.9 Å². The number of nitrogens with one attached hydrogen (secondary N) is 1. The number of sulfonamides is 1. The minimum Gasteiger partial charge on any atom is -0.497 e. The molecule has 0 heterocycles. The van der Waals surface area contributed by atoms with E-state index in [9.17, 15) is 13.2 Å². The third-order valence-electron chi connectivity index (χ3n) is 3.51. The molecule has 2 rings (SSSR count). The van der Waals surface area contributed by atoms with Crippen LogP contribution in [0.2, 0.25) is 0 Å². The summed E-state index contributed by atoms with van der Waals surface area (Å²) < 4.78 is 29.4. The van der Waals surface area contributed by atoms with Crippen molar-refractivity contribution in [3.05, 3.63) is 54.1 Å². The van der Waals surface area contributed by atoms with Gasteiger partial charge in [0.05, 0.1) is 25.5 Å². The lowest BCUT2D eigenvalue weighted by molar-refractivity contribution is -0.115. The Morgan fingerprint density at radius 2 is 1.83 bits per heavy atom. The van der Waals surface area contributed by atoms with Crippen LogP contribution in [0.5, 0.6) is 5.75 Å². The molecule has 128 valence electrons. The van der Waals surface area contributed by atoms with Gasteiger partial charge in [-0.25, -0.2) is 8.42 Å². The quantitative estimate of drug-likeness (QED) is 0.869. The average molecular weight is 348 g/mol. The Kier molecular flexibility index (Phi) is 5.46. The Labute approximate surface area is 142 Å². The van der Waals surface area contributed by atoms with Crippen LogP contribution in [-0.4, -0.2) is 34.7 Å². The van der Waals surface area contributed by atoms with Crippen LogP contribution in [0.4, 0.5) is 11.4 Å². The summed E-state index contributed by atoms with van der Waals surface area (Å²) in [7, 11) is -0.296. The summed E-state index contributed by atoms with van der Waals surface area (Å²) in [5.74, 6) is 0.551. The first-order chi connectivity index (χ1) is 11.3. The molecule has 0 saturated carbocycles. The first-order valence-electron chi connectivity index (χ1n) is 7.26. The molecule has 0 aliphatic carbocycles. The molecule has 0 fully saturated rings. The molecule has 0 spiro atoms. The number of rotatable bonds is 6. The van der Waals surface area contributed by atoms with Crippen LogP contribution in [0.15, 0.2) is 48.5 Å². The summed E-state index contributed by atoms with van der Waals surface area (Å²) in [6.07, 6.45) is 1.35. The number of benzene rings is 2. The zero-order valence-electron chi connectivity index (χ0n) is 13.8. The van der Waals surface area contributed by atoms with Gasteiger partial charge in [0, 0.05) is 12.7 Å². The van der Waals surface area contributed by atoms with Gasteiger partial charge in [-0.2, -0.15) is 0 Å². The van der Waals surface area contributed by atoms with Gasteiger partial charge in [-0.3, -0.25) is 9.10 Å². The monoisotopic (exact) mass is 348 g/mol. The summed E-state index contributed by atoms with van der Waals surface area (Å²) in [5.41, 5.74) is 1.89. The van der Waals surface area contributed by atoms with Crippen LogP contribution >= 0.6 is 0 Å². The SMILES string of the molecule is COc1ccc(CC(=O)Nc2cccc(N(C)S(C)(=O)=O)c2)cc1. The molecule has 0 atom stereocenters. The minimum atomic E-state index is -3.35. The van der Waals surface area contributed by atoms with Gasteiger partial charge in [-0.15, -0.1) is 0 Å². The van der Waals surface area contributed by atoms with E-state index in [1.54, 1.807) is 43.5 Å². The molecule has 0 saturated heterocycles. The minimum absolute atomic E-state index is 0.181. The highest BCUT2D eigenvalue weighted by Crippen LogP contribution is 2.20. The highest BCUT2D eigenvalue weighted by molar-refractivity contribution is 7.92. The van der Waals surface area contributed by atoms with Crippen LogP contribution in [-0.2, 0) is 21.2 Å². The van der Waals surface area contributed by atoms with E-state index >= 15 is 0 Å². The molecule has 1 N–H and O–H groups in total. The van der Waals surface area contributed by atoms with Crippen LogP contribution in [0.3, 0.4) is 0 Å². The van der Waals surface area contributed by atoms with E-state index in [0.29, 0.717) is 11.4 Å². The van der Waals surface area contributed by atoms with Crippen LogP contribution < -0.4 is 14.4 Å². The smallest absolute Gasteiger partial charge is 0.231 e. The molecule has 0 aromatic heterocycles. The van der Waals surface area contributed by atoms with Crippen molar-refractivity contribution >= 4 is 27.3 Å².